The Morgan fingerprint density at radius 2 is 1.86 bits per heavy atom. The maximum absolute atomic E-state index is 11.8. The summed E-state index contributed by atoms with van der Waals surface area (Å²) in [6, 6.07) is 0. The average molecular weight is 333 g/mol. The topological polar surface area (TPSA) is 83.1 Å². The zero-order valence-corrected chi connectivity index (χ0v) is 14.5. The number of allylic oxidation sites excluding steroid dienone is 3. The Morgan fingerprint density at radius 1 is 1.23 bits per heavy atom. The summed E-state index contributed by atoms with van der Waals surface area (Å²) in [7, 11) is 2.33. The highest BCUT2D eigenvalue weighted by atomic mass is 31.2. The molecule has 0 aromatic rings. The summed E-state index contributed by atoms with van der Waals surface area (Å²) < 4.78 is 19.8. The SMILES string of the molecule is C/C=C\C=C(/CC)COC(=O)NC(C(=O)OC)P(OC)OC. The molecule has 0 saturated heterocycles. The Kier molecular flexibility index (Phi) is 11.4. The van der Waals surface area contributed by atoms with Gasteiger partial charge in [-0.3, -0.25) is 0 Å². The second kappa shape index (κ2) is 12.1. The van der Waals surface area contributed by atoms with Crippen LogP contribution in [0.2, 0.25) is 0 Å². The lowest BCUT2D eigenvalue weighted by Gasteiger charge is -2.22. The molecule has 0 aromatic heterocycles. The van der Waals surface area contributed by atoms with Crippen LogP contribution in [0.5, 0.6) is 0 Å². The van der Waals surface area contributed by atoms with Crippen molar-refractivity contribution in [2.24, 2.45) is 0 Å². The highest BCUT2D eigenvalue weighted by molar-refractivity contribution is 7.49. The van der Waals surface area contributed by atoms with Crippen LogP contribution < -0.4 is 5.32 Å². The molecule has 0 aromatic carbocycles. The van der Waals surface area contributed by atoms with Gasteiger partial charge in [0.25, 0.3) is 0 Å². The second-order valence-corrected chi connectivity index (χ2v) is 5.82. The van der Waals surface area contributed by atoms with E-state index in [9.17, 15) is 9.59 Å². The van der Waals surface area contributed by atoms with E-state index in [1.807, 2.05) is 32.1 Å². The van der Waals surface area contributed by atoms with Crippen molar-refractivity contribution in [3.8, 4) is 0 Å². The van der Waals surface area contributed by atoms with Gasteiger partial charge in [-0.2, -0.15) is 0 Å². The van der Waals surface area contributed by atoms with Crippen molar-refractivity contribution < 1.29 is 28.1 Å². The number of carbonyl (C=O) groups is 2. The Labute approximate surface area is 132 Å². The highest BCUT2D eigenvalue weighted by Gasteiger charge is 2.32. The zero-order chi connectivity index (χ0) is 17.0. The van der Waals surface area contributed by atoms with Crippen molar-refractivity contribution in [3.63, 3.8) is 0 Å². The Bertz CT molecular complexity index is 406. The molecule has 1 unspecified atom stereocenters. The van der Waals surface area contributed by atoms with Gasteiger partial charge in [-0.25, -0.2) is 9.59 Å². The number of methoxy groups -OCH3 is 1. The Hall–Kier alpha value is -1.43. The number of hydrogen-bond acceptors (Lipinski definition) is 6. The zero-order valence-electron chi connectivity index (χ0n) is 13.6. The van der Waals surface area contributed by atoms with Crippen LogP contribution in [0.15, 0.2) is 23.8 Å². The molecule has 0 rings (SSSR count). The quantitative estimate of drug-likeness (QED) is 0.397. The standard InChI is InChI=1S/C14H24NO6P/c1-6-8-9-11(7-2)10-21-14(17)15-12(13(16)18-3)22(19-4)20-5/h6,8-9,12H,7,10H2,1-5H3,(H,15,17)/b8-6-,11-9+. The minimum Gasteiger partial charge on any atom is -0.467 e. The minimum absolute atomic E-state index is 0.137. The van der Waals surface area contributed by atoms with Crippen molar-refractivity contribution in [1.82, 2.24) is 5.32 Å². The monoisotopic (exact) mass is 333 g/mol. The third-order valence-corrected chi connectivity index (χ3v) is 4.10. The fourth-order valence-electron chi connectivity index (χ4n) is 1.41. The van der Waals surface area contributed by atoms with E-state index in [0.29, 0.717) is 0 Å². The predicted molar refractivity (Wildman–Crippen MR) is 84.4 cm³/mol. The number of hydrogen-bond donors (Lipinski definition) is 1. The summed E-state index contributed by atoms with van der Waals surface area (Å²) in [5.74, 6) is -1.71. The first-order valence-electron chi connectivity index (χ1n) is 6.73. The molecule has 1 amide bonds. The summed E-state index contributed by atoms with van der Waals surface area (Å²) in [5.41, 5.74) is 0.948. The van der Waals surface area contributed by atoms with Crippen LogP contribution in [0.1, 0.15) is 20.3 Å². The van der Waals surface area contributed by atoms with Crippen molar-refractivity contribution in [1.29, 1.82) is 0 Å². The molecular formula is C14H24NO6P. The van der Waals surface area contributed by atoms with E-state index in [1.165, 1.54) is 21.3 Å². The number of rotatable bonds is 9. The molecule has 0 bridgehead atoms. The van der Waals surface area contributed by atoms with Crippen LogP contribution in [-0.2, 0) is 23.3 Å². The van der Waals surface area contributed by atoms with E-state index in [-0.39, 0.29) is 6.61 Å². The average Bonchev–Trinajstić information content (AvgIpc) is 2.54. The number of nitrogens with one attached hydrogen (secondary N) is 1. The minimum atomic E-state index is -1.65. The fraction of sp³-hybridized carbons (Fsp3) is 0.571. The lowest BCUT2D eigenvalue weighted by molar-refractivity contribution is -0.141. The lowest BCUT2D eigenvalue weighted by atomic mass is 10.2. The summed E-state index contributed by atoms with van der Waals surface area (Å²) in [6.07, 6.45) is 5.64. The van der Waals surface area contributed by atoms with Gasteiger partial charge in [0.2, 0.25) is 8.38 Å². The molecule has 0 saturated carbocycles. The van der Waals surface area contributed by atoms with Gasteiger partial charge >= 0.3 is 12.1 Å². The maximum Gasteiger partial charge on any atom is 0.408 e. The number of amides is 1. The fourth-order valence-corrected chi connectivity index (χ4v) is 2.47. The molecule has 22 heavy (non-hydrogen) atoms. The highest BCUT2D eigenvalue weighted by Crippen LogP contribution is 2.41. The molecule has 1 atom stereocenters. The van der Waals surface area contributed by atoms with Gasteiger partial charge in [0.15, 0.2) is 5.78 Å². The summed E-state index contributed by atoms with van der Waals surface area (Å²) in [6.45, 7) is 4.00. The Balaban J connectivity index is 4.66. The lowest BCUT2D eigenvalue weighted by Crippen LogP contribution is -2.41. The van der Waals surface area contributed by atoms with E-state index in [4.69, 9.17) is 13.8 Å². The Morgan fingerprint density at radius 3 is 2.32 bits per heavy atom. The first-order valence-corrected chi connectivity index (χ1v) is 7.97. The third-order valence-electron chi connectivity index (χ3n) is 2.62. The van der Waals surface area contributed by atoms with Crippen LogP contribution >= 0.6 is 8.38 Å². The molecular weight excluding hydrogens is 309 g/mol. The van der Waals surface area contributed by atoms with Gasteiger partial charge in [0.1, 0.15) is 6.61 Å². The number of esters is 1. The van der Waals surface area contributed by atoms with E-state index in [1.54, 1.807) is 0 Å². The van der Waals surface area contributed by atoms with E-state index < -0.39 is 26.2 Å². The molecule has 1 N–H and O–H groups in total. The summed E-state index contributed by atoms with van der Waals surface area (Å²) >= 11 is 0. The summed E-state index contributed by atoms with van der Waals surface area (Å²) in [4.78, 5) is 23.5. The molecule has 126 valence electrons. The molecule has 0 aliphatic heterocycles. The molecule has 0 fully saturated rings. The second-order valence-electron chi connectivity index (χ2n) is 4.00. The first kappa shape index (κ1) is 20.6. The molecule has 0 aliphatic carbocycles. The van der Waals surface area contributed by atoms with Crippen molar-refractivity contribution in [2.45, 2.75) is 26.1 Å². The van der Waals surface area contributed by atoms with Gasteiger partial charge in [-0.1, -0.05) is 25.2 Å². The van der Waals surface area contributed by atoms with Crippen molar-refractivity contribution in [2.75, 3.05) is 27.9 Å². The summed E-state index contributed by atoms with van der Waals surface area (Å²) in [5, 5.41) is 2.40. The normalized spacial score (nSPS) is 13.3. The molecule has 0 radical (unpaired) electrons. The van der Waals surface area contributed by atoms with Gasteiger partial charge in [0, 0.05) is 14.2 Å². The molecule has 7 nitrogen and oxygen atoms in total. The van der Waals surface area contributed by atoms with E-state index >= 15 is 0 Å². The van der Waals surface area contributed by atoms with E-state index in [2.05, 4.69) is 10.1 Å². The van der Waals surface area contributed by atoms with Crippen LogP contribution in [0.3, 0.4) is 0 Å². The van der Waals surface area contributed by atoms with Crippen molar-refractivity contribution in [3.05, 3.63) is 23.8 Å². The van der Waals surface area contributed by atoms with Gasteiger partial charge in [0.05, 0.1) is 7.11 Å². The smallest absolute Gasteiger partial charge is 0.408 e. The number of ether oxygens (including phenoxy) is 2. The van der Waals surface area contributed by atoms with Crippen LogP contribution in [0.4, 0.5) is 4.79 Å². The van der Waals surface area contributed by atoms with Crippen molar-refractivity contribution >= 4 is 20.4 Å². The van der Waals surface area contributed by atoms with Crippen LogP contribution in [0.25, 0.3) is 0 Å². The van der Waals surface area contributed by atoms with Gasteiger partial charge < -0.3 is 23.8 Å². The maximum atomic E-state index is 11.8. The van der Waals surface area contributed by atoms with E-state index in [0.717, 1.165) is 12.0 Å². The van der Waals surface area contributed by atoms with Crippen LogP contribution in [-0.4, -0.2) is 45.8 Å². The first-order chi connectivity index (χ1) is 10.5. The predicted octanol–water partition coefficient (Wildman–Crippen LogP) is 2.73. The molecule has 0 spiro atoms. The van der Waals surface area contributed by atoms with Gasteiger partial charge in [-0.05, 0) is 18.9 Å². The van der Waals surface area contributed by atoms with Gasteiger partial charge in [-0.15, -0.1) is 0 Å². The molecule has 0 heterocycles. The number of alkyl carbamates (subject to hydrolysis) is 1. The molecule has 8 heteroatoms. The molecule has 0 aliphatic rings. The largest absolute Gasteiger partial charge is 0.467 e. The van der Waals surface area contributed by atoms with Crippen LogP contribution in [0, 0.1) is 0 Å². The third kappa shape index (κ3) is 7.54. The number of carbonyl (C=O) groups excluding carboxylic acids is 2.